The Morgan fingerprint density at radius 1 is 0.184 bits per heavy atom. The molecule has 0 N–H and O–H groups in total. The molecule has 0 aliphatic heterocycles. The molecular formula is C94H68O4. The second-order valence-corrected chi connectivity index (χ2v) is 25.9. The highest BCUT2D eigenvalue weighted by atomic mass is 16.5. The average Bonchev–Trinajstić information content (AvgIpc) is 0.700. The van der Waals surface area contributed by atoms with Crippen LogP contribution in [0.15, 0.2) is 303 Å². The van der Waals surface area contributed by atoms with E-state index in [9.17, 15) is 9.59 Å². The number of hydrogen-bond acceptors (Lipinski definition) is 4. The van der Waals surface area contributed by atoms with Crippen LogP contribution in [0.3, 0.4) is 0 Å². The Bertz CT molecular complexity index is 5070. The smallest absolute Gasteiger partial charge is 0.339 e. The van der Waals surface area contributed by atoms with Crippen LogP contribution in [0.4, 0.5) is 0 Å². The van der Waals surface area contributed by atoms with Crippen LogP contribution >= 0.6 is 0 Å². The molecule has 3 aliphatic carbocycles. The van der Waals surface area contributed by atoms with E-state index in [2.05, 4.69) is 243 Å². The second-order valence-electron chi connectivity index (χ2n) is 25.9. The van der Waals surface area contributed by atoms with Crippen molar-refractivity contribution in [3.05, 3.63) is 381 Å². The Morgan fingerprint density at radius 3 is 0.490 bits per heavy atom. The topological polar surface area (TPSA) is 52.6 Å². The van der Waals surface area contributed by atoms with Crippen LogP contribution in [0.25, 0.3) is 111 Å². The minimum Gasteiger partial charge on any atom is -0.465 e. The SMILES string of the molecule is COC(=O)c1c(C(=O)OC)c(-c2ccccc2)c2c(c1-c1ccccc1)Cc1c(c(-c3ccccc3)c3c(c1-c1ccccc1)Cc1c(c(-c4ccccc4)c4c(c1-c1ccccc1)Cc1c(c(-c5ccccc5)c(-c5ccccc5)c(-c5ccccc5)c1-c1ccccc1)C4)C3)C2. The van der Waals surface area contributed by atoms with Gasteiger partial charge in [0.25, 0.3) is 0 Å². The molecule has 0 saturated heterocycles. The first-order valence-corrected chi connectivity index (χ1v) is 34.0. The number of benzene rings is 14. The van der Waals surface area contributed by atoms with Gasteiger partial charge in [0.2, 0.25) is 0 Å². The Kier molecular flexibility index (Phi) is 15.4. The van der Waals surface area contributed by atoms with Crippen LogP contribution in [0.1, 0.15) is 87.5 Å². The first-order valence-electron chi connectivity index (χ1n) is 34.0. The summed E-state index contributed by atoms with van der Waals surface area (Å²) in [5.41, 5.74) is 38.0. The van der Waals surface area contributed by atoms with Crippen molar-refractivity contribution in [1.82, 2.24) is 0 Å². The van der Waals surface area contributed by atoms with Gasteiger partial charge in [-0.15, -0.1) is 0 Å². The molecule has 0 atom stereocenters. The molecule has 0 amide bonds. The molecule has 17 rings (SSSR count). The summed E-state index contributed by atoms with van der Waals surface area (Å²) in [6.07, 6.45) is 3.62. The maximum Gasteiger partial charge on any atom is 0.339 e. The lowest BCUT2D eigenvalue weighted by atomic mass is 9.64. The maximum atomic E-state index is 14.9. The standard InChI is InChI=1S/C94H68O4/c1-97-93(95)91-87(65-45-25-9-26-46-65)79-57-75-76(58-80(79)88(92(91)94(96)98-2)66-47-27-10-28-48-66)84(62-39-19-6-20-40-62)72-54-70-69(53-71(72)83(75)61-37-17-5-18-38-61)81(59-33-13-3-14-34-59)73-55-77-78(56-74(73)82(70)60-35-15-4-16-36-60)86(64-43-23-8-24-44-64)90(68-51-31-12-32-52-68)89(67-49-29-11-30-50-67)85(77)63-41-21-7-22-42-63/h3-52H,53-58H2,1-2H3. The summed E-state index contributed by atoms with van der Waals surface area (Å²) in [7, 11) is 2.80. The molecule has 0 bridgehead atoms. The molecule has 0 radical (unpaired) electrons. The lowest BCUT2D eigenvalue weighted by Gasteiger charge is -2.39. The van der Waals surface area contributed by atoms with Crippen molar-refractivity contribution in [2.75, 3.05) is 14.2 Å². The lowest BCUT2D eigenvalue weighted by molar-refractivity contribution is 0.0556. The van der Waals surface area contributed by atoms with Crippen molar-refractivity contribution < 1.29 is 19.1 Å². The maximum absolute atomic E-state index is 14.9. The largest absolute Gasteiger partial charge is 0.465 e. The summed E-state index contributed by atoms with van der Waals surface area (Å²) in [5, 5.41) is 0. The minimum atomic E-state index is -0.598. The Balaban J connectivity index is 1.01. The van der Waals surface area contributed by atoms with Crippen LogP contribution in [0, 0.1) is 0 Å². The summed E-state index contributed by atoms with van der Waals surface area (Å²) in [4.78, 5) is 29.9. The molecule has 0 spiro atoms. The number of ether oxygens (including phenoxy) is 2. The number of hydrogen-bond donors (Lipinski definition) is 0. The van der Waals surface area contributed by atoms with Gasteiger partial charge in [-0.25, -0.2) is 9.59 Å². The van der Waals surface area contributed by atoms with Crippen LogP contribution in [0.2, 0.25) is 0 Å². The van der Waals surface area contributed by atoms with E-state index in [0.29, 0.717) is 49.7 Å². The second kappa shape index (κ2) is 25.3. The molecule has 0 heterocycles. The highest BCUT2D eigenvalue weighted by Crippen LogP contribution is 2.58. The highest BCUT2D eigenvalue weighted by molar-refractivity contribution is 6.14. The van der Waals surface area contributed by atoms with E-state index in [0.717, 1.165) is 33.4 Å². The molecule has 4 nitrogen and oxygen atoms in total. The summed E-state index contributed by atoms with van der Waals surface area (Å²) < 4.78 is 11.5. The molecule has 0 unspecified atom stereocenters. The van der Waals surface area contributed by atoms with Crippen molar-refractivity contribution >= 4 is 11.9 Å². The first-order chi connectivity index (χ1) is 48.4. The predicted octanol–water partition coefficient (Wildman–Crippen LogP) is 22.4. The molecule has 98 heavy (non-hydrogen) atoms. The summed E-state index contributed by atoms with van der Waals surface area (Å²) in [6.45, 7) is 0. The molecule has 14 aromatic carbocycles. The van der Waals surface area contributed by atoms with E-state index < -0.39 is 11.9 Å². The zero-order valence-corrected chi connectivity index (χ0v) is 54.7. The van der Waals surface area contributed by atoms with Crippen molar-refractivity contribution in [1.29, 1.82) is 0 Å². The zero-order chi connectivity index (χ0) is 65.8. The monoisotopic (exact) mass is 1260 g/mol. The van der Waals surface area contributed by atoms with E-state index in [1.54, 1.807) is 0 Å². The van der Waals surface area contributed by atoms with Crippen LogP contribution < -0.4 is 0 Å². The molecule has 0 saturated carbocycles. The molecule has 4 heteroatoms. The number of rotatable bonds is 12. The van der Waals surface area contributed by atoms with Crippen molar-refractivity contribution in [2.24, 2.45) is 0 Å². The Morgan fingerprint density at radius 2 is 0.316 bits per heavy atom. The van der Waals surface area contributed by atoms with Crippen molar-refractivity contribution in [3.63, 3.8) is 0 Å². The molecule has 0 aromatic heterocycles. The van der Waals surface area contributed by atoms with E-state index in [-0.39, 0.29) is 11.1 Å². The Labute approximate surface area is 572 Å². The minimum absolute atomic E-state index is 0.203. The summed E-state index contributed by atoms with van der Waals surface area (Å²) >= 11 is 0. The van der Waals surface area contributed by atoms with E-state index >= 15 is 0 Å². The molecule has 14 aromatic rings. The van der Waals surface area contributed by atoms with Gasteiger partial charge in [-0.3, -0.25) is 0 Å². The number of carbonyl (C=O) groups excluding carboxylic acids is 2. The van der Waals surface area contributed by atoms with Gasteiger partial charge in [-0.1, -0.05) is 303 Å². The third-order valence-electron chi connectivity index (χ3n) is 20.8. The first kappa shape index (κ1) is 59.7. The number of carbonyl (C=O) groups is 2. The summed E-state index contributed by atoms with van der Waals surface area (Å²) in [6, 6.07) is 109. The molecule has 0 fully saturated rings. The van der Waals surface area contributed by atoms with E-state index in [1.165, 1.54) is 148 Å². The van der Waals surface area contributed by atoms with E-state index in [4.69, 9.17) is 9.47 Å². The fraction of sp³-hybridized carbons (Fsp3) is 0.0851. The van der Waals surface area contributed by atoms with Gasteiger partial charge in [0, 0.05) is 11.1 Å². The predicted molar refractivity (Wildman–Crippen MR) is 400 cm³/mol. The fourth-order valence-corrected chi connectivity index (χ4v) is 17.0. The van der Waals surface area contributed by atoms with Gasteiger partial charge in [-0.2, -0.15) is 0 Å². The van der Waals surface area contributed by atoms with Crippen molar-refractivity contribution in [3.8, 4) is 111 Å². The van der Waals surface area contributed by atoms with Crippen LogP contribution in [-0.2, 0) is 48.0 Å². The fourth-order valence-electron chi connectivity index (χ4n) is 17.0. The zero-order valence-electron chi connectivity index (χ0n) is 54.7. The highest BCUT2D eigenvalue weighted by Gasteiger charge is 2.41. The van der Waals surface area contributed by atoms with Crippen LogP contribution in [0.5, 0.6) is 0 Å². The number of methoxy groups -OCH3 is 2. The number of esters is 2. The molecule has 3 aliphatic rings. The molecule has 468 valence electrons. The third kappa shape index (κ3) is 10.1. The van der Waals surface area contributed by atoms with Gasteiger partial charge >= 0.3 is 11.9 Å². The van der Waals surface area contributed by atoms with Gasteiger partial charge in [-0.05, 0) is 205 Å². The van der Waals surface area contributed by atoms with Gasteiger partial charge in [0.1, 0.15) is 0 Å². The van der Waals surface area contributed by atoms with Crippen molar-refractivity contribution in [2.45, 2.75) is 38.5 Å². The number of fused-ring (bicyclic) bond motifs is 6. The van der Waals surface area contributed by atoms with Crippen LogP contribution in [-0.4, -0.2) is 26.2 Å². The molecular weight excluding hydrogens is 1190 g/mol. The third-order valence-corrected chi connectivity index (χ3v) is 20.8. The van der Waals surface area contributed by atoms with Gasteiger partial charge in [0.15, 0.2) is 0 Å². The van der Waals surface area contributed by atoms with Gasteiger partial charge in [0.05, 0.1) is 25.3 Å². The van der Waals surface area contributed by atoms with Gasteiger partial charge < -0.3 is 9.47 Å². The van der Waals surface area contributed by atoms with E-state index in [1.807, 2.05) is 60.7 Å². The Hall–Kier alpha value is -12.0. The average molecular weight is 1260 g/mol. The normalized spacial score (nSPS) is 12.4. The quantitative estimate of drug-likeness (QED) is 0.114. The lowest BCUT2D eigenvalue weighted by Crippen LogP contribution is -2.24. The summed E-state index contributed by atoms with van der Waals surface area (Å²) in [5.74, 6) is -1.20.